The van der Waals surface area contributed by atoms with Crippen LogP contribution in [0.2, 0.25) is 0 Å². The second-order valence-electron chi connectivity index (χ2n) is 14.3. The fourth-order valence-electron chi connectivity index (χ4n) is 6.93. The van der Waals surface area contributed by atoms with Crippen molar-refractivity contribution in [2.45, 2.75) is 89.7 Å². The molecule has 1 aromatic heterocycles. The van der Waals surface area contributed by atoms with E-state index in [0.29, 0.717) is 24.3 Å². The summed E-state index contributed by atoms with van der Waals surface area (Å²) in [6, 6.07) is 11.6. The van der Waals surface area contributed by atoms with Gasteiger partial charge in [-0.05, 0) is 74.9 Å². The maximum Gasteiger partial charge on any atom is 0.416 e. The Morgan fingerprint density at radius 2 is 1.79 bits per heavy atom. The van der Waals surface area contributed by atoms with Gasteiger partial charge in [-0.15, -0.1) is 10.2 Å². The molecule has 4 aliphatic rings. The summed E-state index contributed by atoms with van der Waals surface area (Å²) < 4.78 is 49.8. The van der Waals surface area contributed by atoms with Crippen LogP contribution in [0.3, 0.4) is 0 Å². The second-order valence-corrected chi connectivity index (χ2v) is 14.3. The Labute approximate surface area is 273 Å². The van der Waals surface area contributed by atoms with Gasteiger partial charge in [0.05, 0.1) is 12.1 Å². The number of alkyl halides is 3. The number of para-hydroxylation sites is 1. The molecular weight excluding hydrogens is 609 g/mol. The molecule has 9 nitrogen and oxygen atoms in total. The van der Waals surface area contributed by atoms with E-state index in [2.05, 4.69) is 15.1 Å². The van der Waals surface area contributed by atoms with Crippen LogP contribution in [0.5, 0.6) is 0 Å². The number of aromatic nitrogens is 3. The Bertz CT molecular complexity index is 1610. The zero-order valence-electron chi connectivity index (χ0n) is 27.5. The average Bonchev–Trinajstić information content (AvgIpc) is 3.71. The van der Waals surface area contributed by atoms with Crippen molar-refractivity contribution in [3.63, 3.8) is 0 Å². The Morgan fingerprint density at radius 3 is 2.36 bits per heavy atom. The van der Waals surface area contributed by atoms with E-state index < -0.39 is 23.2 Å². The van der Waals surface area contributed by atoms with Crippen LogP contribution in [0.4, 0.5) is 23.7 Å². The van der Waals surface area contributed by atoms with E-state index in [-0.39, 0.29) is 35.8 Å². The first-order chi connectivity index (χ1) is 22.2. The lowest BCUT2D eigenvalue weighted by atomic mass is 9.83. The predicted molar refractivity (Wildman–Crippen MR) is 171 cm³/mol. The van der Waals surface area contributed by atoms with Gasteiger partial charge >= 0.3 is 12.3 Å². The molecule has 3 aliphatic heterocycles. The van der Waals surface area contributed by atoms with Gasteiger partial charge in [0.25, 0.3) is 5.91 Å². The van der Waals surface area contributed by atoms with Crippen LogP contribution >= 0.6 is 0 Å². The van der Waals surface area contributed by atoms with Gasteiger partial charge < -0.3 is 19.1 Å². The highest BCUT2D eigenvalue weighted by atomic mass is 19.4. The van der Waals surface area contributed by atoms with Crippen molar-refractivity contribution in [3.8, 4) is 0 Å². The van der Waals surface area contributed by atoms with Gasteiger partial charge in [-0.3, -0.25) is 9.69 Å². The number of ether oxygens (including phenoxy) is 1. The molecule has 7 rings (SSSR count). The highest BCUT2D eigenvalue weighted by Crippen LogP contribution is 2.43. The monoisotopic (exact) mass is 652 g/mol. The van der Waals surface area contributed by atoms with Crippen molar-refractivity contribution in [2.24, 2.45) is 13.0 Å². The molecule has 3 fully saturated rings. The highest BCUT2D eigenvalue weighted by molar-refractivity contribution is 6.10. The van der Waals surface area contributed by atoms with Crippen molar-refractivity contribution in [2.75, 3.05) is 24.5 Å². The van der Waals surface area contributed by atoms with Crippen molar-refractivity contribution in [3.05, 3.63) is 76.9 Å². The SMILES string of the molecule is CC(C)(C)OC(=O)N1CCC2(CCN2Cc2cc3c(c(C(F)(F)F)c2)CN(c2ccccc2)C3=O)C1.Cn1cnnc1CC1CCC1. The summed E-state index contributed by atoms with van der Waals surface area (Å²) in [5.41, 5.74) is -0.449. The van der Waals surface area contributed by atoms with E-state index in [1.54, 1.807) is 47.6 Å². The smallest absolute Gasteiger partial charge is 0.416 e. The van der Waals surface area contributed by atoms with Gasteiger partial charge in [0.15, 0.2) is 0 Å². The van der Waals surface area contributed by atoms with E-state index in [9.17, 15) is 22.8 Å². The molecule has 12 heteroatoms. The van der Waals surface area contributed by atoms with Crippen LogP contribution in [-0.4, -0.2) is 67.3 Å². The molecule has 252 valence electrons. The number of rotatable bonds is 5. The van der Waals surface area contributed by atoms with Crippen LogP contribution < -0.4 is 4.90 Å². The fourth-order valence-corrected chi connectivity index (χ4v) is 6.93. The summed E-state index contributed by atoms with van der Waals surface area (Å²) in [5.74, 6) is 1.60. The van der Waals surface area contributed by atoms with Crippen LogP contribution in [0, 0.1) is 5.92 Å². The second kappa shape index (κ2) is 12.6. The molecule has 2 aromatic carbocycles. The third-order valence-electron chi connectivity index (χ3n) is 9.85. The van der Waals surface area contributed by atoms with E-state index in [0.717, 1.165) is 37.5 Å². The number of benzene rings is 2. The number of aryl methyl sites for hydroxylation is 1. The average molecular weight is 653 g/mol. The number of hydrogen-bond acceptors (Lipinski definition) is 6. The molecule has 1 spiro atoms. The lowest BCUT2D eigenvalue weighted by Gasteiger charge is -2.50. The molecule has 2 amide bonds. The number of halogens is 3. The normalized spacial score (nSPS) is 21.3. The minimum Gasteiger partial charge on any atom is -0.444 e. The van der Waals surface area contributed by atoms with Crippen molar-refractivity contribution < 1.29 is 27.5 Å². The molecule has 2 saturated heterocycles. The maximum atomic E-state index is 14.1. The molecule has 47 heavy (non-hydrogen) atoms. The van der Waals surface area contributed by atoms with Gasteiger partial charge in [-0.25, -0.2) is 4.79 Å². The highest BCUT2D eigenvalue weighted by Gasteiger charge is 2.51. The minimum atomic E-state index is -4.57. The first kappa shape index (κ1) is 33.0. The number of carbonyl (C=O) groups excluding carboxylic acids is 2. The molecule has 4 heterocycles. The standard InChI is InChI=1S/C27H30F3N3O3.C8H13N3/c1-25(2,3)36-24(35)31-11-9-26(17-31)10-12-32(26)15-18-13-20-21(22(14-18)27(28,29)30)16-33(23(20)34)19-7-5-4-6-8-19;1-11-6-9-10-8(11)5-7-3-2-4-7/h4-8,13-14H,9-12,15-17H2,1-3H3;6-7H,2-5H2,1H3. The summed E-state index contributed by atoms with van der Waals surface area (Å²) in [6.45, 7) is 7.40. The lowest BCUT2D eigenvalue weighted by Crippen LogP contribution is -2.60. The molecule has 1 unspecified atom stereocenters. The van der Waals surface area contributed by atoms with Gasteiger partial charge in [-0.1, -0.05) is 37.5 Å². The molecular formula is C35H43F3N6O3. The summed E-state index contributed by atoms with van der Waals surface area (Å²) >= 11 is 0. The molecule has 3 aromatic rings. The van der Waals surface area contributed by atoms with Crippen molar-refractivity contribution in [1.29, 1.82) is 0 Å². The number of carbonyl (C=O) groups is 2. The summed E-state index contributed by atoms with van der Waals surface area (Å²) in [6.07, 6.45) is 3.73. The van der Waals surface area contributed by atoms with Crippen LogP contribution in [0.15, 0.2) is 48.8 Å². The number of anilines is 1. The van der Waals surface area contributed by atoms with E-state index >= 15 is 0 Å². The van der Waals surface area contributed by atoms with Gasteiger partial charge in [-0.2, -0.15) is 13.2 Å². The molecule has 0 bridgehead atoms. The quantitative estimate of drug-likeness (QED) is 0.309. The summed E-state index contributed by atoms with van der Waals surface area (Å²) in [7, 11) is 2.01. The molecule has 0 N–H and O–H groups in total. The topological polar surface area (TPSA) is 83.8 Å². The molecule has 1 aliphatic carbocycles. The Kier molecular flexibility index (Phi) is 8.84. The minimum absolute atomic E-state index is 0.0235. The van der Waals surface area contributed by atoms with Gasteiger partial charge in [0.1, 0.15) is 17.8 Å². The molecule has 0 radical (unpaired) electrons. The fraction of sp³-hybridized carbons (Fsp3) is 0.543. The lowest BCUT2D eigenvalue weighted by molar-refractivity contribution is -0.138. The van der Waals surface area contributed by atoms with E-state index in [4.69, 9.17) is 4.74 Å². The Balaban J connectivity index is 0.000000295. The number of fused-ring (bicyclic) bond motifs is 1. The molecule has 1 atom stereocenters. The third kappa shape index (κ3) is 7.02. The first-order valence-corrected chi connectivity index (χ1v) is 16.4. The van der Waals surface area contributed by atoms with Crippen molar-refractivity contribution >= 4 is 17.7 Å². The number of amides is 2. The molecule has 1 saturated carbocycles. The summed E-state index contributed by atoms with van der Waals surface area (Å²) in [4.78, 5) is 30.9. The Hall–Kier alpha value is -3.93. The van der Waals surface area contributed by atoms with Gasteiger partial charge in [0.2, 0.25) is 0 Å². The van der Waals surface area contributed by atoms with E-state index in [1.165, 1.54) is 30.2 Å². The largest absolute Gasteiger partial charge is 0.444 e. The number of hydrogen-bond donors (Lipinski definition) is 0. The number of likely N-dealkylation sites (tertiary alicyclic amines) is 2. The van der Waals surface area contributed by atoms with Crippen LogP contribution in [0.1, 0.15) is 85.7 Å². The zero-order chi connectivity index (χ0) is 33.6. The zero-order valence-corrected chi connectivity index (χ0v) is 27.5. The van der Waals surface area contributed by atoms with E-state index in [1.807, 2.05) is 32.4 Å². The summed E-state index contributed by atoms with van der Waals surface area (Å²) in [5, 5.41) is 7.90. The Morgan fingerprint density at radius 1 is 1.06 bits per heavy atom. The maximum absolute atomic E-state index is 14.1. The first-order valence-electron chi connectivity index (χ1n) is 16.4. The number of nitrogens with zero attached hydrogens (tertiary/aromatic N) is 6. The third-order valence-corrected chi connectivity index (χ3v) is 9.85. The van der Waals surface area contributed by atoms with Crippen molar-refractivity contribution in [1.82, 2.24) is 24.6 Å². The predicted octanol–water partition coefficient (Wildman–Crippen LogP) is 6.61. The van der Waals surface area contributed by atoms with Crippen LogP contribution in [0.25, 0.3) is 0 Å². The van der Waals surface area contributed by atoms with Gasteiger partial charge in [0, 0.05) is 56.4 Å². The van der Waals surface area contributed by atoms with Crippen LogP contribution in [-0.2, 0) is 37.5 Å².